The third kappa shape index (κ3) is 3.42. The topological polar surface area (TPSA) is 60.2 Å². The second-order valence-electron chi connectivity index (χ2n) is 3.97. The van der Waals surface area contributed by atoms with E-state index in [4.69, 9.17) is 22.7 Å². The monoisotopic (exact) mass is 293 g/mol. The number of methoxy groups -OCH3 is 1. The van der Waals surface area contributed by atoms with Gasteiger partial charge in [0.05, 0.1) is 18.7 Å². The summed E-state index contributed by atoms with van der Waals surface area (Å²) in [5, 5.41) is 4.37. The van der Waals surface area contributed by atoms with Gasteiger partial charge in [0.15, 0.2) is 0 Å². The molecule has 6 heteroatoms. The van der Waals surface area contributed by atoms with E-state index in [1.165, 1.54) is 0 Å². The number of nitrogens with zero attached hydrogens (tertiary/aromatic N) is 1. The van der Waals surface area contributed by atoms with E-state index in [0.29, 0.717) is 11.5 Å². The number of thiazole rings is 1. The largest absolute Gasteiger partial charge is 0.497 e. The van der Waals surface area contributed by atoms with Gasteiger partial charge in [-0.3, -0.25) is 0 Å². The van der Waals surface area contributed by atoms with E-state index in [9.17, 15) is 0 Å². The minimum atomic E-state index is 0.366. The molecule has 0 atom stereocenters. The molecule has 1 aromatic carbocycles. The molecule has 0 aliphatic rings. The Morgan fingerprint density at radius 3 is 2.89 bits per heavy atom. The molecule has 0 saturated carbocycles. The lowest BCUT2D eigenvalue weighted by atomic mass is 10.1. The highest BCUT2D eigenvalue weighted by Gasteiger charge is 2.07. The number of aryl methyl sites for hydroxylation is 1. The van der Waals surface area contributed by atoms with Crippen molar-refractivity contribution >= 4 is 34.2 Å². The molecule has 0 unspecified atom stereocenters. The van der Waals surface area contributed by atoms with Crippen LogP contribution in [-0.2, 0) is 6.54 Å². The van der Waals surface area contributed by atoms with E-state index in [-0.39, 0.29) is 0 Å². The van der Waals surface area contributed by atoms with Crippen LogP contribution in [0.1, 0.15) is 15.4 Å². The average Bonchev–Trinajstić information content (AvgIpc) is 2.81. The molecular formula is C13H15N3OS2. The smallest absolute Gasteiger partial charge is 0.120 e. The Kier molecular flexibility index (Phi) is 4.34. The highest BCUT2D eigenvalue weighted by Crippen LogP contribution is 2.24. The van der Waals surface area contributed by atoms with Crippen LogP contribution in [0.4, 0.5) is 5.69 Å². The van der Waals surface area contributed by atoms with Crippen LogP contribution < -0.4 is 15.8 Å². The van der Waals surface area contributed by atoms with Gasteiger partial charge in [0.25, 0.3) is 0 Å². The van der Waals surface area contributed by atoms with Gasteiger partial charge in [-0.15, -0.1) is 11.3 Å². The fourth-order valence-electron chi connectivity index (χ4n) is 1.68. The van der Waals surface area contributed by atoms with Gasteiger partial charge >= 0.3 is 0 Å². The average molecular weight is 293 g/mol. The first-order chi connectivity index (χ1) is 9.10. The lowest BCUT2D eigenvalue weighted by Gasteiger charge is -2.12. The molecule has 0 spiro atoms. The molecule has 2 rings (SSSR count). The van der Waals surface area contributed by atoms with Crippen molar-refractivity contribution in [2.24, 2.45) is 5.73 Å². The molecule has 19 heavy (non-hydrogen) atoms. The normalized spacial score (nSPS) is 10.2. The number of hydrogen-bond donors (Lipinski definition) is 2. The van der Waals surface area contributed by atoms with Gasteiger partial charge in [-0.25, -0.2) is 4.98 Å². The van der Waals surface area contributed by atoms with E-state index in [1.54, 1.807) is 18.4 Å². The molecule has 0 amide bonds. The third-order valence-corrected chi connectivity index (χ3v) is 3.75. The number of anilines is 1. The van der Waals surface area contributed by atoms with Crippen LogP contribution in [-0.4, -0.2) is 17.1 Å². The first-order valence-corrected chi connectivity index (χ1v) is 6.95. The highest BCUT2D eigenvalue weighted by molar-refractivity contribution is 7.80. The lowest BCUT2D eigenvalue weighted by molar-refractivity contribution is 0.415. The fraction of sp³-hybridized carbons (Fsp3) is 0.231. The van der Waals surface area contributed by atoms with Crippen molar-refractivity contribution in [3.05, 3.63) is 39.8 Å². The number of nitrogens with one attached hydrogen (secondary N) is 1. The Morgan fingerprint density at radius 1 is 1.53 bits per heavy atom. The van der Waals surface area contributed by atoms with Gasteiger partial charge in [-0.2, -0.15) is 0 Å². The molecule has 0 bridgehead atoms. The second-order valence-corrected chi connectivity index (χ2v) is 5.73. The van der Waals surface area contributed by atoms with Crippen LogP contribution in [0.25, 0.3) is 0 Å². The standard InChI is InChI=1S/C13H15N3OS2/c1-8-15-6-10(19-8)7-16-12-5-9(17-2)3-4-11(12)13(14)18/h3-6,16H,7H2,1-2H3,(H2,14,18). The van der Waals surface area contributed by atoms with Gasteiger partial charge in [-0.05, 0) is 19.1 Å². The van der Waals surface area contributed by atoms with Crippen LogP contribution in [0.3, 0.4) is 0 Å². The SMILES string of the molecule is COc1ccc(C(N)=S)c(NCc2cnc(C)s2)c1. The van der Waals surface area contributed by atoms with Gasteiger partial charge in [-0.1, -0.05) is 12.2 Å². The van der Waals surface area contributed by atoms with E-state index in [0.717, 1.165) is 26.9 Å². The van der Waals surface area contributed by atoms with E-state index >= 15 is 0 Å². The molecule has 2 aromatic rings. The lowest BCUT2D eigenvalue weighted by Crippen LogP contribution is -2.13. The molecule has 1 heterocycles. The minimum Gasteiger partial charge on any atom is -0.497 e. The molecule has 0 radical (unpaired) electrons. The van der Waals surface area contributed by atoms with Crippen LogP contribution in [0.2, 0.25) is 0 Å². The summed E-state index contributed by atoms with van der Waals surface area (Å²) in [4.78, 5) is 5.75. The summed E-state index contributed by atoms with van der Waals surface area (Å²) in [5.74, 6) is 0.767. The highest BCUT2D eigenvalue weighted by atomic mass is 32.1. The molecule has 100 valence electrons. The maximum Gasteiger partial charge on any atom is 0.120 e. The van der Waals surface area contributed by atoms with Crippen molar-refractivity contribution in [3.63, 3.8) is 0 Å². The van der Waals surface area contributed by atoms with Crippen LogP contribution in [0, 0.1) is 6.92 Å². The predicted octanol–water partition coefficient (Wildman–Crippen LogP) is 2.71. The van der Waals surface area contributed by atoms with Gasteiger partial charge < -0.3 is 15.8 Å². The van der Waals surface area contributed by atoms with Crippen molar-refractivity contribution in [2.45, 2.75) is 13.5 Å². The summed E-state index contributed by atoms with van der Waals surface area (Å²) in [6, 6.07) is 5.60. The number of rotatable bonds is 5. The zero-order chi connectivity index (χ0) is 13.8. The van der Waals surface area contributed by atoms with Crippen LogP contribution in [0.5, 0.6) is 5.75 Å². The summed E-state index contributed by atoms with van der Waals surface area (Å²) in [6.45, 7) is 2.68. The quantitative estimate of drug-likeness (QED) is 0.830. The summed E-state index contributed by atoms with van der Waals surface area (Å²) < 4.78 is 5.21. The van der Waals surface area contributed by atoms with Crippen molar-refractivity contribution in [1.82, 2.24) is 4.98 Å². The maximum atomic E-state index is 5.72. The van der Waals surface area contributed by atoms with E-state index in [2.05, 4.69) is 10.3 Å². The zero-order valence-electron chi connectivity index (χ0n) is 10.8. The van der Waals surface area contributed by atoms with Gasteiger partial charge in [0.2, 0.25) is 0 Å². The minimum absolute atomic E-state index is 0.366. The van der Waals surface area contributed by atoms with Crippen molar-refractivity contribution in [3.8, 4) is 5.75 Å². The van der Waals surface area contributed by atoms with Crippen molar-refractivity contribution in [2.75, 3.05) is 12.4 Å². The number of aromatic nitrogens is 1. The molecule has 0 aliphatic heterocycles. The predicted molar refractivity (Wildman–Crippen MR) is 83.1 cm³/mol. The molecule has 0 saturated heterocycles. The van der Waals surface area contributed by atoms with Crippen molar-refractivity contribution < 1.29 is 4.74 Å². The second kappa shape index (κ2) is 5.99. The number of hydrogen-bond acceptors (Lipinski definition) is 5. The van der Waals surface area contributed by atoms with Gasteiger partial charge in [0.1, 0.15) is 10.7 Å². The molecule has 0 aliphatic carbocycles. The number of ether oxygens (including phenoxy) is 1. The Labute approximate surface area is 121 Å². The zero-order valence-corrected chi connectivity index (χ0v) is 12.4. The van der Waals surface area contributed by atoms with Gasteiger partial charge in [0, 0.05) is 28.4 Å². The number of thiocarbonyl (C=S) groups is 1. The van der Waals surface area contributed by atoms with Crippen LogP contribution >= 0.6 is 23.6 Å². The molecule has 3 N–H and O–H groups in total. The summed E-state index contributed by atoms with van der Waals surface area (Å²) in [5.41, 5.74) is 7.41. The molecule has 1 aromatic heterocycles. The van der Waals surface area contributed by atoms with E-state index in [1.807, 2.05) is 31.3 Å². The van der Waals surface area contributed by atoms with E-state index < -0.39 is 0 Å². The van der Waals surface area contributed by atoms with Crippen LogP contribution in [0.15, 0.2) is 24.4 Å². The Hall–Kier alpha value is -1.66. The summed E-state index contributed by atoms with van der Waals surface area (Å²) >= 11 is 6.71. The summed E-state index contributed by atoms with van der Waals surface area (Å²) in [6.07, 6.45) is 1.87. The third-order valence-electron chi connectivity index (χ3n) is 2.61. The Morgan fingerprint density at radius 2 is 2.32 bits per heavy atom. The molecular weight excluding hydrogens is 278 g/mol. The van der Waals surface area contributed by atoms with Crippen molar-refractivity contribution in [1.29, 1.82) is 0 Å². The first kappa shape index (κ1) is 13.8. The molecule has 4 nitrogen and oxygen atoms in total. The first-order valence-electron chi connectivity index (χ1n) is 5.73. The fourth-order valence-corrected chi connectivity index (χ4v) is 2.59. The maximum absolute atomic E-state index is 5.72. The Bertz CT molecular complexity index is 595. The number of benzene rings is 1. The molecule has 0 fully saturated rings. The Balaban J connectivity index is 2.19. The number of nitrogens with two attached hydrogens (primary N) is 1. The summed E-state index contributed by atoms with van der Waals surface area (Å²) in [7, 11) is 1.63.